The summed E-state index contributed by atoms with van der Waals surface area (Å²) in [5.74, 6) is -0.458. The molecule has 0 saturated heterocycles. The minimum atomic E-state index is -0.664. The van der Waals surface area contributed by atoms with Gasteiger partial charge in [-0.1, -0.05) is 24.3 Å². The molecule has 1 atom stereocenters. The van der Waals surface area contributed by atoms with Gasteiger partial charge < -0.3 is 10.2 Å². The molecule has 1 aromatic heterocycles. The van der Waals surface area contributed by atoms with Gasteiger partial charge in [-0.2, -0.15) is 4.98 Å². The molecule has 1 unspecified atom stereocenters. The molecule has 0 fully saturated rings. The zero-order valence-electron chi connectivity index (χ0n) is 14.5. The van der Waals surface area contributed by atoms with Gasteiger partial charge in [0.25, 0.3) is 0 Å². The summed E-state index contributed by atoms with van der Waals surface area (Å²) in [6, 6.07) is 13.7. The summed E-state index contributed by atoms with van der Waals surface area (Å²) in [5, 5.41) is 2.76. The SMILES string of the molecule is Cc1cc(Nc2c(F)cccc2F)nc(N2c3ccccc3CC2C)n1. The van der Waals surface area contributed by atoms with Crippen molar-refractivity contribution in [3.05, 3.63) is 71.4 Å². The molecule has 132 valence electrons. The predicted molar refractivity (Wildman–Crippen MR) is 98.2 cm³/mol. The van der Waals surface area contributed by atoms with Crippen LogP contribution in [0.3, 0.4) is 0 Å². The molecule has 4 nitrogen and oxygen atoms in total. The van der Waals surface area contributed by atoms with Crippen molar-refractivity contribution < 1.29 is 8.78 Å². The molecule has 4 rings (SSSR count). The van der Waals surface area contributed by atoms with E-state index in [9.17, 15) is 8.78 Å². The number of hydrogen-bond acceptors (Lipinski definition) is 4. The number of benzene rings is 2. The highest BCUT2D eigenvalue weighted by Crippen LogP contribution is 2.37. The van der Waals surface area contributed by atoms with Crippen molar-refractivity contribution in [1.82, 2.24) is 9.97 Å². The van der Waals surface area contributed by atoms with Crippen LogP contribution in [-0.4, -0.2) is 16.0 Å². The van der Waals surface area contributed by atoms with Crippen LogP contribution in [0.5, 0.6) is 0 Å². The first-order chi connectivity index (χ1) is 12.5. The zero-order chi connectivity index (χ0) is 18.3. The third kappa shape index (κ3) is 2.87. The molecule has 1 N–H and O–H groups in total. The number of aryl methyl sites for hydroxylation is 1. The van der Waals surface area contributed by atoms with E-state index in [0.29, 0.717) is 17.5 Å². The lowest BCUT2D eigenvalue weighted by molar-refractivity contribution is 0.590. The van der Waals surface area contributed by atoms with Gasteiger partial charge in [0.1, 0.15) is 23.1 Å². The number of nitrogens with zero attached hydrogens (tertiary/aromatic N) is 3. The number of hydrogen-bond donors (Lipinski definition) is 1. The van der Waals surface area contributed by atoms with Crippen LogP contribution in [0.15, 0.2) is 48.5 Å². The second-order valence-electron chi connectivity index (χ2n) is 6.47. The summed E-state index contributed by atoms with van der Waals surface area (Å²) in [6.07, 6.45) is 0.901. The Labute approximate surface area is 150 Å². The van der Waals surface area contributed by atoms with E-state index in [1.54, 1.807) is 6.07 Å². The fourth-order valence-corrected chi connectivity index (χ4v) is 3.34. The van der Waals surface area contributed by atoms with Crippen LogP contribution >= 0.6 is 0 Å². The molecule has 1 aliphatic heterocycles. The van der Waals surface area contributed by atoms with E-state index in [0.717, 1.165) is 12.1 Å². The van der Waals surface area contributed by atoms with E-state index in [2.05, 4.69) is 33.2 Å². The Hall–Kier alpha value is -3.02. The highest BCUT2D eigenvalue weighted by atomic mass is 19.1. The molecule has 6 heteroatoms. The van der Waals surface area contributed by atoms with Gasteiger partial charge in [0.05, 0.1) is 0 Å². The molecule has 0 amide bonds. The van der Waals surface area contributed by atoms with Gasteiger partial charge in [-0.05, 0) is 44.0 Å². The molecule has 1 aliphatic rings. The smallest absolute Gasteiger partial charge is 0.232 e. The fourth-order valence-electron chi connectivity index (χ4n) is 3.34. The summed E-state index contributed by atoms with van der Waals surface area (Å²) in [4.78, 5) is 11.1. The first-order valence-electron chi connectivity index (χ1n) is 8.47. The highest BCUT2D eigenvalue weighted by molar-refractivity contribution is 5.68. The predicted octanol–water partition coefficient (Wildman–Crippen LogP) is 4.89. The van der Waals surface area contributed by atoms with E-state index < -0.39 is 11.6 Å². The molecule has 3 aromatic rings. The standard InChI is InChI=1S/C20H18F2N4/c1-12-10-18(24-19-15(21)7-5-8-16(19)22)25-20(23-12)26-13(2)11-14-6-3-4-9-17(14)26/h3-10,13H,11H2,1-2H3,(H,23,24,25). The molecule has 0 bridgehead atoms. The second-order valence-corrected chi connectivity index (χ2v) is 6.47. The summed E-state index contributed by atoms with van der Waals surface area (Å²) < 4.78 is 27.9. The van der Waals surface area contributed by atoms with Gasteiger partial charge >= 0.3 is 0 Å². The first-order valence-corrected chi connectivity index (χ1v) is 8.47. The topological polar surface area (TPSA) is 41.1 Å². The van der Waals surface area contributed by atoms with E-state index in [1.165, 1.54) is 23.8 Å². The highest BCUT2D eigenvalue weighted by Gasteiger charge is 2.29. The Kier molecular flexibility index (Phi) is 4.03. The Morgan fingerprint density at radius 1 is 1.04 bits per heavy atom. The van der Waals surface area contributed by atoms with Crippen molar-refractivity contribution in [2.75, 3.05) is 10.2 Å². The second kappa shape index (κ2) is 6.37. The third-order valence-corrected chi connectivity index (χ3v) is 4.48. The summed E-state index contributed by atoms with van der Waals surface area (Å²) in [5.41, 5.74) is 2.80. The average molecular weight is 352 g/mol. The lowest BCUT2D eigenvalue weighted by atomic mass is 10.1. The molecule has 0 aliphatic carbocycles. The van der Waals surface area contributed by atoms with Crippen LogP contribution in [-0.2, 0) is 6.42 Å². The minimum Gasteiger partial charge on any atom is -0.335 e. The minimum absolute atomic E-state index is 0.201. The normalized spacial score (nSPS) is 15.8. The molecule has 2 heterocycles. The monoisotopic (exact) mass is 352 g/mol. The van der Waals surface area contributed by atoms with Gasteiger partial charge in [0.2, 0.25) is 5.95 Å². The van der Waals surface area contributed by atoms with Crippen molar-refractivity contribution in [3.63, 3.8) is 0 Å². The quantitative estimate of drug-likeness (QED) is 0.729. The number of fused-ring (bicyclic) bond motifs is 1. The van der Waals surface area contributed by atoms with E-state index in [-0.39, 0.29) is 11.7 Å². The maximum Gasteiger partial charge on any atom is 0.232 e. The number of nitrogens with one attached hydrogen (secondary N) is 1. The van der Waals surface area contributed by atoms with Gasteiger partial charge in [0, 0.05) is 23.5 Å². The van der Waals surface area contributed by atoms with Crippen LogP contribution in [0.4, 0.5) is 31.9 Å². The zero-order valence-corrected chi connectivity index (χ0v) is 14.5. The van der Waals surface area contributed by atoms with Gasteiger partial charge in [0.15, 0.2) is 0 Å². The summed E-state index contributed by atoms with van der Waals surface area (Å²) in [6.45, 7) is 3.94. The number of aromatic nitrogens is 2. The largest absolute Gasteiger partial charge is 0.335 e. The molecular formula is C20H18F2N4. The molecule has 0 radical (unpaired) electrons. The van der Waals surface area contributed by atoms with Crippen LogP contribution in [0.1, 0.15) is 18.2 Å². The maximum absolute atomic E-state index is 13.9. The average Bonchev–Trinajstić information content (AvgIpc) is 2.93. The van der Waals surface area contributed by atoms with Crippen LogP contribution < -0.4 is 10.2 Å². The number of halogens is 2. The molecule has 2 aromatic carbocycles. The van der Waals surface area contributed by atoms with Gasteiger partial charge in [-0.15, -0.1) is 0 Å². The van der Waals surface area contributed by atoms with E-state index >= 15 is 0 Å². The van der Waals surface area contributed by atoms with Gasteiger partial charge in [-0.3, -0.25) is 0 Å². The third-order valence-electron chi connectivity index (χ3n) is 4.48. The first kappa shape index (κ1) is 16.4. The van der Waals surface area contributed by atoms with E-state index in [1.807, 2.05) is 25.1 Å². The van der Waals surface area contributed by atoms with Crippen LogP contribution in [0.2, 0.25) is 0 Å². The number of rotatable bonds is 3. The molecular weight excluding hydrogens is 334 g/mol. The van der Waals surface area contributed by atoms with Crippen molar-refractivity contribution in [2.45, 2.75) is 26.3 Å². The van der Waals surface area contributed by atoms with Crippen molar-refractivity contribution in [3.8, 4) is 0 Å². The lowest BCUT2D eigenvalue weighted by Crippen LogP contribution is -2.26. The fraction of sp³-hybridized carbons (Fsp3) is 0.200. The number of para-hydroxylation sites is 2. The Bertz CT molecular complexity index is 954. The molecule has 0 spiro atoms. The van der Waals surface area contributed by atoms with Crippen molar-refractivity contribution in [2.24, 2.45) is 0 Å². The summed E-state index contributed by atoms with van der Waals surface area (Å²) in [7, 11) is 0. The lowest BCUT2D eigenvalue weighted by Gasteiger charge is -2.23. The maximum atomic E-state index is 13.9. The summed E-state index contributed by atoms with van der Waals surface area (Å²) >= 11 is 0. The Morgan fingerprint density at radius 2 is 1.77 bits per heavy atom. The van der Waals surface area contributed by atoms with E-state index in [4.69, 9.17) is 0 Å². The van der Waals surface area contributed by atoms with Crippen LogP contribution in [0.25, 0.3) is 0 Å². The van der Waals surface area contributed by atoms with Gasteiger partial charge in [-0.25, -0.2) is 13.8 Å². The van der Waals surface area contributed by atoms with Crippen LogP contribution in [0, 0.1) is 18.6 Å². The molecule has 26 heavy (non-hydrogen) atoms. The molecule has 0 saturated carbocycles. The Balaban J connectivity index is 1.74. The number of anilines is 4. The van der Waals surface area contributed by atoms with Crippen molar-refractivity contribution in [1.29, 1.82) is 0 Å². The van der Waals surface area contributed by atoms with Crippen molar-refractivity contribution >= 4 is 23.1 Å². The Morgan fingerprint density at radius 3 is 2.54 bits per heavy atom.